The van der Waals surface area contributed by atoms with Crippen molar-refractivity contribution >= 4 is 5.97 Å². The molecule has 0 spiro atoms. The van der Waals surface area contributed by atoms with E-state index in [0.29, 0.717) is 5.76 Å². The lowest BCUT2D eigenvalue weighted by Gasteiger charge is -1.88. The minimum Gasteiger partial charge on any atom is -0.423 e. The fourth-order valence-electron chi connectivity index (χ4n) is 0.716. The van der Waals surface area contributed by atoms with E-state index < -0.39 is 0 Å². The molecule has 0 bridgehead atoms. The van der Waals surface area contributed by atoms with Crippen molar-refractivity contribution < 1.29 is 9.53 Å². The number of carbonyl (C=O) groups excluding carboxylic acids is 1. The third-order valence-electron chi connectivity index (χ3n) is 1.27. The number of ether oxygens (including phenoxy) is 1. The van der Waals surface area contributed by atoms with E-state index in [9.17, 15) is 4.79 Å². The summed E-state index contributed by atoms with van der Waals surface area (Å²) in [6.45, 7) is 1.88. The van der Waals surface area contributed by atoms with E-state index in [0.717, 1.165) is 0 Å². The van der Waals surface area contributed by atoms with Crippen molar-refractivity contribution in [1.82, 2.24) is 0 Å². The van der Waals surface area contributed by atoms with Gasteiger partial charge < -0.3 is 4.74 Å². The Morgan fingerprint density at radius 3 is 2.71 bits per heavy atom. The van der Waals surface area contributed by atoms with Gasteiger partial charge in [-0.2, -0.15) is 0 Å². The maximum absolute atomic E-state index is 10.6. The second-order valence-corrected chi connectivity index (χ2v) is 2.34. The Morgan fingerprint density at radius 2 is 2.07 bits per heavy atom. The van der Waals surface area contributed by atoms with Crippen LogP contribution in [0.3, 0.4) is 0 Å². The fourth-order valence-corrected chi connectivity index (χ4v) is 0.716. The van der Waals surface area contributed by atoms with E-state index in [4.69, 9.17) is 4.74 Å². The summed E-state index contributed by atoms with van der Waals surface area (Å²) < 4.78 is 4.74. The van der Waals surface area contributed by atoms with Crippen LogP contribution in [0.5, 0.6) is 0 Å². The lowest BCUT2D eigenvalue weighted by Crippen LogP contribution is -1.89. The number of hydrogen-bond donors (Lipinski definition) is 0. The molecule has 0 aliphatic carbocycles. The zero-order chi connectivity index (χ0) is 10.2. The molecule has 14 heavy (non-hydrogen) atoms. The summed E-state index contributed by atoms with van der Waals surface area (Å²) in [5, 5.41) is 0. The van der Waals surface area contributed by atoms with Gasteiger partial charge in [-0.15, -0.1) is 0 Å². The predicted molar refractivity (Wildman–Crippen MR) is 53.7 cm³/mol. The summed E-state index contributed by atoms with van der Waals surface area (Å²) in [6.07, 6.45) is 7.95. The second kappa shape index (κ2) is 5.45. The monoisotopic (exact) mass is 184 g/mol. The smallest absolute Gasteiger partial charge is 0.336 e. The molecule has 0 amide bonds. The Hall–Kier alpha value is -2.19. The second-order valence-electron chi connectivity index (χ2n) is 2.34. The van der Waals surface area contributed by atoms with Crippen molar-refractivity contribution in [2.45, 2.75) is 6.92 Å². The normalized spacial score (nSPS) is 16.1. The summed E-state index contributed by atoms with van der Waals surface area (Å²) in [7, 11) is 0. The van der Waals surface area contributed by atoms with Gasteiger partial charge in [-0.25, -0.2) is 4.79 Å². The molecule has 0 aromatic heterocycles. The van der Waals surface area contributed by atoms with E-state index in [1.807, 2.05) is 13.0 Å². The van der Waals surface area contributed by atoms with Gasteiger partial charge in [0.25, 0.3) is 0 Å². The van der Waals surface area contributed by atoms with Crippen LogP contribution in [-0.2, 0) is 9.53 Å². The van der Waals surface area contributed by atoms with Crippen molar-refractivity contribution in [3.05, 3.63) is 36.1 Å². The Bertz CT molecular complexity index is 428. The molecule has 0 unspecified atom stereocenters. The van der Waals surface area contributed by atoms with Gasteiger partial charge in [0, 0.05) is 12.2 Å². The van der Waals surface area contributed by atoms with Crippen LogP contribution >= 0.6 is 0 Å². The third-order valence-corrected chi connectivity index (χ3v) is 1.27. The van der Waals surface area contributed by atoms with Crippen LogP contribution in [-0.4, -0.2) is 5.97 Å². The van der Waals surface area contributed by atoms with Crippen molar-refractivity contribution in [3.63, 3.8) is 0 Å². The molecule has 1 aliphatic rings. The van der Waals surface area contributed by atoms with Gasteiger partial charge >= 0.3 is 5.97 Å². The Kier molecular flexibility index (Phi) is 3.86. The van der Waals surface area contributed by atoms with Gasteiger partial charge in [0.2, 0.25) is 0 Å². The Labute approximate surface area is 83.0 Å². The summed E-state index contributed by atoms with van der Waals surface area (Å²) in [5.41, 5.74) is 0. The largest absolute Gasteiger partial charge is 0.423 e. The molecule has 1 aliphatic heterocycles. The number of rotatable bonds is 0. The van der Waals surface area contributed by atoms with E-state index in [2.05, 4.69) is 23.7 Å². The number of cyclic esters (lactones) is 1. The van der Waals surface area contributed by atoms with Crippen molar-refractivity contribution in [2.75, 3.05) is 0 Å². The molecule has 0 aromatic carbocycles. The molecule has 0 atom stereocenters. The molecule has 0 saturated carbocycles. The fraction of sp³-hybridized carbons (Fsp3) is 0.0833. The Balaban J connectivity index is 2.52. The molecular formula is C12H8O2. The maximum Gasteiger partial charge on any atom is 0.336 e. The number of allylic oxidation sites excluding steroid dienone is 4. The van der Waals surface area contributed by atoms with E-state index in [1.54, 1.807) is 12.2 Å². The molecule has 0 aromatic rings. The first-order chi connectivity index (χ1) is 6.83. The van der Waals surface area contributed by atoms with Gasteiger partial charge in [-0.3, -0.25) is 0 Å². The highest BCUT2D eigenvalue weighted by Crippen LogP contribution is 2.07. The van der Waals surface area contributed by atoms with Gasteiger partial charge in [0.1, 0.15) is 5.76 Å². The minimum atomic E-state index is -0.363. The van der Waals surface area contributed by atoms with Gasteiger partial charge in [-0.05, 0) is 30.9 Å². The van der Waals surface area contributed by atoms with Crippen LogP contribution in [0.1, 0.15) is 6.92 Å². The maximum atomic E-state index is 10.6. The minimum absolute atomic E-state index is 0.363. The van der Waals surface area contributed by atoms with E-state index >= 15 is 0 Å². The average Bonchev–Trinajstić information content (AvgIpc) is 2.58. The van der Waals surface area contributed by atoms with Gasteiger partial charge in [0.15, 0.2) is 0 Å². The SMILES string of the molecule is CC=CC#CC#CC=C1C=CC(=O)O1. The standard InChI is InChI=1S/C12H8O2/c1-2-3-4-5-6-7-8-11-9-10-12(13)14-11/h2-3,8-10H,1H3. The van der Waals surface area contributed by atoms with E-state index in [-0.39, 0.29) is 5.97 Å². The topological polar surface area (TPSA) is 26.3 Å². The van der Waals surface area contributed by atoms with Gasteiger partial charge in [0.05, 0.1) is 0 Å². The first-order valence-corrected chi connectivity index (χ1v) is 4.05. The molecular weight excluding hydrogens is 176 g/mol. The highest BCUT2D eigenvalue weighted by Gasteiger charge is 2.07. The average molecular weight is 184 g/mol. The summed E-state index contributed by atoms with van der Waals surface area (Å²) >= 11 is 0. The van der Waals surface area contributed by atoms with Crippen LogP contribution in [0.2, 0.25) is 0 Å². The van der Waals surface area contributed by atoms with Crippen molar-refractivity contribution in [1.29, 1.82) is 0 Å². The highest BCUT2D eigenvalue weighted by molar-refractivity contribution is 5.86. The van der Waals surface area contributed by atoms with Crippen molar-refractivity contribution in [3.8, 4) is 23.7 Å². The van der Waals surface area contributed by atoms with Crippen LogP contribution in [0.25, 0.3) is 0 Å². The molecule has 2 nitrogen and oxygen atoms in total. The Morgan fingerprint density at radius 1 is 1.29 bits per heavy atom. The number of hydrogen-bond acceptors (Lipinski definition) is 2. The molecule has 68 valence electrons. The zero-order valence-corrected chi connectivity index (χ0v) is 7.70. The van der Waals surface area contributed by atoms with Crippen molar-refractivity contribution in [2.24, 2.45) is 0 Å². The lowest BCUT2D eigenvalue weighted by molar-refractivity contribution is -0.132. The predicted octanol–water partition coefficient (Wildman–Crippen LogP) is 1.57. The zero-order valence-electron chi connectivity index (χ0n) is 7.70. The van der Waals surface area contributed by atoms with Crippen LogP contribution < -0.4 is 0 Å². The lowest BCUT2D eigenvalue weighted by atomic mass is 10.4. The highest BCUT2D eigenvalue weighted by atomic mass is 16.5. The molecule has 1 rings (SSSR count). The van der Waals surface area contributed by atoms with Gasteiger partial charge in [-0.1, -0.05) is 17.9 Å². The quantitative estimate of drug-likeness (QED) is 0.422. The van der Waals surface area contributed by atoms with Crippen LogP contribution in [0.4, 0.5) is 0 Å². The molecule has 2 heteroatoms. The van der Waals surface area contributed by atoms with Crippen LogP contribution in [0.15, 0.2) is 36.1 Å². The molecule has 1 heterocycles. The first-order valence-electron chi connectivity index (χ1n) is 4.05. The number of carbonyl (C=O) groups is 1. The summed E-state index contributed by atoms with van der Waals surface area (Å²) in [5.74, 6) is 10.7. The van der Waals surface area contributed by atoms with E-state index in [1.165, 1.54) is 12.2 Å². The summed E-state index contributed by atoms with van der Waals surface area (Å²) in [6, 6.07) is 0. The first kappa shape index (κ1) is 9.89. The molecule has 0 fully saturated rings. The summed E-state index contributed by atoms with van der Waals surface area (Å²) in [4.78, 5) is 10.6. The number of esters is 1. The molecule has 0 N–H and O–H groups in total. The third kappa shape index (κ3) is 3.47. The molecule has 0 radical (unpaired) electrons. The molecule has 0 saturated heterocycles. The van der Waals surface area contributed by atoms with Crippen LogP contribution in [0, 0.1) is 23.7 Å².